The van der Waals surface area contributed by atoms with Crippen LogP contribution in [0.5, 0.6) is 11.5 Å². The van der Waals surface area contributed by atoms with Crippen LogP contribution >= 0.6 is 0 Å². The number of hydrogen-bond donors (Lipinski definition) is 1. The Morgan fingerprint density at radius 1 is 1.20 bits per heavy atom. The predicted octanol–water partition coefficient (Wildman–Crippen LogP) is 2.24. The van der Waals surface area contributed by atoms with Gasteiger partial charge in [0.1, 0.15) is 11.5 Å². The van der Waals surface area contributed by atoms with Crippen LogP contribution in [0.4, 0.5) is 0 Å². The van der Waals surface area contributed by atoms with E-state index in [-0.39, 0.29) is 17.3 Å². The van der Waals surface area contributed by atoms with Crippen LogP contribution in [0.25, 0.3) is 10.8 Å². The third kappa shape index (κ3) is 1.62. The molecular weight excluding hydrogens is 258 g/mol. The average Bonchev–Trinajstić information content (AvgIpc) is 2.72. The van der Waals surface area contributed by atoms with Gasteiger partial charge in [-0.05, 0) is 17.5 Å². The largest absolute Gasteiger partial charge is 0.497 e. The van der Waals surface area contributed by atoms with Gasteiger partial charge in [0.05, 0.1) is 25.3 Å². The molecule has 1 aromatic carbocycles. The van der Waals surface area contributed by atoms with Crippen LogP contribution in [-0.2, 0) is 0 Å². The Balaban J connectivity index is 2.50. The summed E-state index contributed by atoms with van der Waals surface area (Å²) in [6.45, 7) is 1.98. The number of nitrogens with one attached hydrogen (secondary N) is 1. The van der Waals surface area contributed by atoms with Gasteiger partial charge in [0.25, 0.3) is 5.56 Å². The van der Waals surface area contributed by atoms with Gasteiger partial charge >= 0.3 is 0 Å². The third-order valence-corrected chi connectivity index (χ3v) is 3.82. The van der Waals surface area contributed by atoms with E-state index >= 15 is 0 Å². The lowest BCUT2D eigenvalue weighted by atomic mass is 9.98. The fraction of sp³-hybridized carbons (Fsp3) is 0.333. The fourth-order valence-corrected chi connectivity index (χ4v) is 2.91. The summed E-state index contributed by atoms with van der Waals surface area (Å²) in [6.07, 6.45) is 0.421. The highest BCUT2D eigenvalue weighted by molar-refractivity contribution is 6.06. The number of aromatic nitrogens is 1. The van der Waals surface area contributed by atoms with E-state index in [1.165, 1.54) is 7.11 Å². The van der Waals surface area contributed by atoms with Crippen molar-refractivity contribution in [1.29, 1.82) is 0 Å². The number of methoxy groups -OCH3 is 2. The molecule has 5 nitrogen and oxygen atoms in total. The molecule has 0 saturated carbocycles. The second-order valence-corrected chi connectivity index (χ2v) is 5.02. The second-order valence-electron chi connectivity index (χ2n) is 5.02. The van der Waals surface area contributed by atoms with E-state index in [9.17, 15) is 9.59 Å². The summed E-state index contributed by atoms with van der Waals surface area (Å²) in [4.78, 5) is 26.9. The molecule has 5 heteroatoms. The standard InChI is InChI=1S/C15H15NO4/c1-7-4-10(17)14-12(7)9-5-8(19-2)6-11(20-3)13(9)15(18)16-14/h5-7H,4H2,1-3H3,(H,16,18). The van der Waals surface area contributed by atoms with E-state index in [1.54, 1.807) is 19.2 Å². The molecule has 104 valence electrons. The Labute approximate surface area is 115 Å². The van der Waals surface area contributed by atoms with Crippen molar-refractivity contribution in [2.75, 3.05) is 14.2 Å². The molecule has 0 bridgehead atoms. The van der Waals surface area contributed by atoms with Gasteiger partial charge in [-0.25, -0.2) is 0 Å². The minimum atomic E-state index is -0.305. The minimum absolute atomic E-state index is 0.0201. The number of carbonyl (C=O) groups excluding carboxylic acids is 1. The van der Waals surface area contributed by atoms with Gasteiger partial charge in [0.15, 0.2) is 5.78 Å². The van der Waals surface area contributed by atoms with Crippen molar-refractivity contribution < 1.29 is 14.3 Å². The Bertz CT molecular complexity index is 776. The number of benzene rings is 1. The molecule has 0 fully saturated rings. The molecule has 1 aromatic heterocycles. The molecule has 3 rings (SSSR count). The zero-order valence-corrected chi connectivity index (χ0v) is 11.6. The van der Waals surface area contributed by atoms with Crippen LogP contribution in [-0.4, -0.2) is 25.0 Å². The molecule has 1 aliphatic carbocycles. The Morgan fingerprint density at radius 2 is 1.95 bits per heavy atom. The van der Waals surface area contributed by atoms with Crippen LogP contribution in [0, 0.1) is 0 Å². The zero-order chi connectivity index (χ0) is 14.4. The molecule has 20 heavy (non-hydrogen) atoms. The molecule has 0 saturated heterocycles. The number of H-pyrrole nitrogens is 1. The van der Waals surface area contributed by atoms with E-state index in [4.69, 9.17) is 9.47 Å². The van der Waals surface area contributed by atoms with Gasteiger partial charge in [-0.15, -0.1) is 0 Å². The fourth-order valence-electron chi connectivity index (χ4n) is 2.91. The van der Waals surface area contributed by atoms with Gasteiger partial charge in [-0.2, -0.15) is 0 Å². The van der Waals surface area contributed by atoms with Gasteiger partial charge in [0.2, 0.25) is 0 Å². The van der Waals surface area contributed by atoms with Crippen molar-refractivity contribution in [2.24, 2.45) is 0 Å². The molecule has 1 heterocycles. The lowest BCUT2D eigenvalue weighted by Crippen LogP contribution is -2.13. The number of aromatic amines is 1. The molecule has 1 atom stereocenters. The van der Waals surface area contributed by atoms with E-state index in [0.717, 1.165) is 10.9 Å². The third-order valence-electron chi connectivity index (χ3n) is 3.82. The van der Waals surface area contributed by atoms with Crippen molar-refractivity contribution in [3.63, 3.8) is 0 Å². The summed E-state index contributed by atoms with van der Waals surface area (Å²) in [5.41, 5.74) is 0.993. The molecule has 0 amide bonds. The van der Waals surface area contributed by atoms with Crippen molar-refractivity contribution in [3.05, 3.63) is 33.7 Å². The monoisotopic (exact) mass is 273 g/mol. The first-order valence-electron chi connectivity index (χ1n) is 6.42. The number of ether oxygens (including phenoxy) is 2. The first-order valence-corrected chi connectivity index (χ1v) is 6.42. The summed E-state index contributed by atoms with van der Waals surface area (Å²) < 4.78 is 10.5. The summed E-state index contributed by atoms with van der Waals surface area (Å²) in [6, 6.07) is 3.46. The highest BCUT2D eigenvalue weighted by Gasteiger charge is 2.30. The van der Waals surface area contributed by atoms with E-state index in [2.05, 4.69) is 4.98 Å². The van der Waals surface area contributed by atoms with Crippen LogP contribution in [0.1, 0.15) is 35.3 Å². The molecule has 2 aromatic rings. The SMILES string of the molecule is COc1cc(OC)c2c(=O)[nH]c3c(c2c1)C(C)CC3=O. The number of fused-ring (bicyclic) bond motifs is 3. The van der Waals surface area contributed by atoms with Gasteiger partial charge in [-0.1, -0.05) is 6.92 Å². The number of Topliss-reactive ketones (excluding diaryl/α,β-unsaturated/α-hetero) is 1. The molecule has 1 aliphatic rings. The maximum absolute atomic E-state index is 12.2. The van der Waals surface area contributed by atoms with Crippen molar-refractivity contribution in [3.8, 4) is 11.5 Å². The van der Waals surface area contributed by atoms with Crippen molar-refractivity contribution in [2.45, 2.75) is 19.3 Å². The predicted molar refractivity (Wildman–Crippen MR) is 75.0 cm³/mol. The Morgan fingerprint density at radius 3 is 2.60 bits per heavy atom. The Hall–Kier alpha value is -2.30. The van der Waals surface area contributed by atoms with Gasteiger partial charge < -0.3 is 14.5 Å². The lowest BCUT2D eigenvalue weighted by Gasteiger charge is -2.12. The Kier molecular flexibility index (Phi) is 2.78. The molecule has 1 N–H and O–H groups in total. The van der Waals surface area contributed by atoms with Crippen LogP contribution in [0.2, 0.25) is 0 Å². The first-order chi connectivity index (χ1) is 9.56. The quantitative estimate of drug-likeness (QED) is 0.911. The molecular formula is C15H15NO4. The highest BCUT2D eigenvalue weighted by Crippen LogP contribution is 2.39. The zero-order valence-electron chi connectivity index (χ0n) is 11.6. The van der Waals surface area contributed by atoms with Gasteiger partial charge in [-0.3, -0.25) is 9.59 Å². The van der Waals surface area contributed by atoms with E-state index < -0.39 is 0 Å². The number of rotatable bonds is 2. The number of carbonyl (C=O) groups is 1. The highest BCUT2D eigenvalue weighted by atomic mass is 16.5. The topological polar surface area (TPSA) is 68.4 Å². The molecule has 0 radical (unpaired) electrons. The van der Waals surface area contributed by atoms with Gasteiger partial charge in [0, 0.05) is 17.9 Å². The summed E-state index contributed by atoms with van der Waals surface area (Å²) in [5, 5.41) is 1.20. The molecule has 0 spiro atoms. The maximum Gasteiger partial charge on any atom is 0.260 e. The maximum atomic E-state index is 12.2. The van der Waals surface area contributed by atoms with Crippen molar-refractivity contribution in [1.82, 2.24) is 4.98 Å². The van der Waals surface area contributed by atoms with Crippen LogP contribution < -0.4 is 15.0 Å². The summed E-state index contributed by atoms with van der Waals surface area (Å²) in [5.74, 6) is 1.12. The molecule has 0 aliphatic heterocycles. The number of ketones is 1. The average molecular weight is 273 g/mol. The minimum Gasteiger partial charge on any atom is -0.497 e. The van der Waals surface area contributed by atoms with Crippen LogP contribution in [0.15, 0.2) is 16.9 Å². The summed E-state index contributed by atoms with van der Waals surface area (Å²) >= 11 is 0. The number of hydrogen-bond acceptors (Lipinski definition) is 4. The second kappa shape index (κ2) is 4.37. The van der Waals surface area contributed by atoms with Crippen LogP contribution in [0.3, 0.4) is 0 Å². The smallest absolute Gasteiger partial charge is 0.260 e. The normalized spacial score (nSPS) is 17.4. The van der Waals surface area contributed by atoms with E-state index in [1.807, 2.05) is 6.92 Å². The van der Waals surface area contributed by atoms with E-state index in [0.29, 0.717) is 29.0 Å². The lowest BCUT2D eigenvalue weighted by molar-refractivity contribution is 0.0986. The first kappa shape index (κ1) is 12.7. The molecule has 1 unspecified atom stereocenters. The van der Waals surface area contributed by atoms with Crippen molar-refractivity contribution >= 4 is 16.6 Å². The number of pyridine rings is 1. The summed E-state index contributed by atoms with van der Waals surface area (Å²) in [7, 11) is 3.07.